The monoisotopic (exact) mass is 363 g/mol. The van der Waals surface area contributed by atoms with Crippen LogP contribution in [0.25, 0.3) is 10.9 Å². The molecule has 138 valence electrons. The van der Waals surface area contributed by atoms with Crippen LogP contribution in [-0.2, 0) is 0 Å². The molecule has 0 atom stereocenters. The molecule has 1 aromatic heterocycles. The number of methoxy groups -OCH3 is 1. The van der Waals surface area contributed by atoms with E-state index in [0.717, 1.165) is 16.7 Å². The molecule has 0 unspecified atom stereocenters. The molecule has 2 amide bonds. The predicted molar refractivity (Wildman–Crippen MR) is 103 cm³/mol. The number of fused-ring (bicyclic) bond motifs is 1. The number of nitrogens with one attached hydrogen (secondary N) is 1. The highest BCUT2D eigenvalue weighted by Gasteiger charge is 2.26. The lowest BCUT2D eigenvalue weighted by Gasteiger charge is -2.34. The summed E-state index contributed by atoms with van der Waals surface area (Å²) in [6.07, 6.45) is 0. The van der Waals surface area contributed by atoms with Crippen molar-refractivity contribution in [3.8, 4) is 5.75 Å². The van der Waals surface area contributed by atoms with Crippen LogP contribution in [0.3, 0.4) is 0 Å². The SMILES string of the molecule is COc1ccc(C(=O)N2CCN(C(=O)c3cc4ccccc4[nH]3)CC2)cc1. The Balaban J connectivity index is 1.40. The van der Waals surface area contributed by atoms with E-state index in [4.69, 9.17) is 4.74 Å². The number of carbonyl (C=O) groups is 2. The van der Waals surface area contributed by atoms with E-state index >= 15 is 0 Å². The van der Waals surface area contributed by atoms with E-state index in [2.05, 4.69) is 4.98 Å². The van der Waals surface area contributed by atoms with Crippen LogP contribution in [-0.4, -0.2) is 59.9 Å². The molecule has 2 aromatic carbocycles. The largest absolute Gasteiger partial charge is 0.497 e. The average molecular weight is 363 g/mol. The second kappa shape index (κ2) is 7.15. The van der Waals surface area contributed by atoms with Crippen molar-refractivity contribution in [1.82, 2.24) is 14.8 Å². The first-order valence-corrected chi connectivity index (χ1v) is 8.96. The molecular weight excluding hydrogens is 342 g/mol. The average Bonchev–Trinajstić information content (AvgIpc) is 3.17. The molecule has 1 aliphatic rings. The van der Waals surface area contributed by atoms with Crippen LogP contribution in [0.1, 0.15) is 20.8 Å². The van der Waals surface area contributed by atoms with E-state index in [9.17, 15) is 9.59 Å². The van der Waals surface area contributed by atoms with Crippen LogP contribution >= 0.6 is 0 Å². The standard InChI is InChI=1S/C21H21N3O3/c1-27-17-8-6-15(7-9-17)20(25)23-10-12-24(13-11-23)21(26)19-14-16-4-2-3-5-18(16)22-19/h2-9,14,22H,10-13H2,1H3. The number of rotatable bonds is 3. The number of para-hydroxylation sites is 1. The highest BCUT2D eigenvalue weighted by Crippen LogP contribution is 2.18. The van der Waals surface area contributed by atoms with Crippen molar-refractivity contribution >= 4 is 22.7 Å². The van der Waals surface area contributed by atoms with Crippen LogP contribution < -0.4 is 4.74 Å². The number of H-pyrrole nitrogens is 1. The van der Waals surface area contributed by atoms with E-state index in [1.807, 2.05) is 30.3 Å². The van der Waals surface area contributed by atoms with Crippen molar-refractivity contribution in [3.63, 3.8) is 0 Å². The van der Waals surface area contributed by atoms with E-state index < -0.39 is 0 Å². The molecule has 0 aliphatic carbocycles. The molecular formula is C21H21N3O3. The number of nitrogens with zero attached hydrogens (tertiary/aromatic N) is 2. The summed E-state index contributed by atoms with van der Waals surface area (Å²) in [5.74, 6) is 0.679. The number of aromatic amines is 1. The van der Waals surface area contributed by atoms with Crippen LogP contribution in [0.5, 0.6) is 5.75 Å². The topological polar surface area (TPSA) is 65.6 Å². The molecule has 1 N–H and O–H groups in total. The van der Waals surface area contributed by atoms with Gasteiger partial charge in [-0.15, -0.1) is 0 Å². The number of carbonyl (C=O) groups excluding carboxylic acids is 2. The van der Waals surface area contributed by atoms with Gasteiger partial charge in [0.2, 0.25) is 0 Å². The van der Waals surface area contributed by atoms with Crippen LogP contribution in [0.15, 0.2) is 54.6 Å². The molecule has 0 bridgehead atoms. The number of hydrogen-bond acceptors (Lipinski definition) is 3. The van der Waals surface area contributed by atoms with E-state index in [-0.39, 0.29) is 11.8 Å². The zero-order valence-corrected chi connectivity index (χ0v) is 15.1. The molecule has 0 saturated carbocycles. The second-order valence-electron chi connectivity index (χ2n) is 6.58. The Hall–Kier alpha value is -3.28. The Morgan fingerprint density at radius 1 is 0.889 bits per heavy atom. The molecule has 3 aromatic rings. The molecule has 1 saturated heterocycles. The van der Waals surface area contributed by atoms with E-state index in [1.165, 1.54) is 0 Å². The Bertz CT molecular complexity index is 937. The second-order valence-corrected chi connectivity index (χ2v) is 6.58. The maximum Gasteiger partial charge on any atom is 0.270 e. The van der Waals surface area contributed by atoms with E-state index in [1.54, 1.807) is 41.2 Å². The fraction of sp³-hybridized carbons (Fsp3) is 0.238. The van der Waals surface area contributed by atoms with Gasteiger partial charge < -0.3 is 19.5 Å². The third-order valence-corrected chi connectivity index (χ3v) is 4.95. The number of aromatic nitrogens is 1. The van der Waals surface area contributed by atoms with Crippen molar-refractivity contribution in [2.45, 2.75) is 0 Å². The molecule has 4 rings (SSSR count). The predicted octanol–water partition coefficient (Wildman–Crippen LogP) is 2.77. The summed E-state index contributed by atoms with van der Waals surface area (Å²) in [6, 6.07) is 16.8. The zero-order chi connectivity index (χ0) is 18.8. The summed E-state index contributed by atoms with van der Waals surface area (Å²) in [4.78, 5) is 32.2. The van der Waals surface area contributed by atoms with Gasteiger partial charge >= 0.3 is 0 Å². The van der Waals surface area contributed by atoms with Crippen LogP contribution in [0.4, 0.5) is 0 Å². The first-order chi connectivity index (χ1) is 13.2. The number of amides is 2. The fourth-order valence-corrected chi connectivity index (χ4v) is 3.39. The minimum absolute atomic E-state index is 0.0182. The van der Waals surface area contributed by atoms with Crippen molar-refractivity contribution < 1.29 is 14.3 Å². The van der Waals surface area contributed by atoms with Gasteiger partial charge in [-0.1, -0.05) is 18.2 Å². The van der Waals surface area contributed by atoms with Crippen LogP contribution in [0.2, 0.25) is 0 Å². The highest BCUT2D eigenvalue weighted by atomic mass is 16.5. The van der Waals surface area contributed by atoms with Gasteiger partial charge in [0.05, 0.1) is 7.11 Å². The van der Waals surface area contributed by atoms with Gasteiger partial charge in [-0.2, -0.15) is 0 Å². The Morgan fingerprint density at radius 2 is 1.52 bits per heavy atom. The molecule has 6 nitrogen and oxygen atoms in total. The first kappa shape index (κ1) is 17.1. The summed E-state index contributed by atoms with van der Waals surface area (Å²) in [6.45, 7) is 2.10. The molecule has 1 fully saturated rings. The van der Waals surface area contributed by atoms with Gasteiger partial charge in [0.25, 0.3) is 11.8 Å². The minimum Gasteiger partial charge on any atom is -0.497 e. The summed E-state index contributed by atoms with van der Waals surface area (Å²) in [5.41, 5.74) is 2.17. The Morgan fingerprint density at radius 3 is 2.15 bits per heavy atom. The normalized spacial score (nSPS) is 14.4. The van der Waals surface area contributed by atoms with Gasteiger partial charge in [-0.05, 0) is 36.4 Å². The van der Waals surface area contributed by atoms with Gasteiger partial charge in [0.15, 0.2) is 0 Å². The summed E-state index contributed by atoms with van der Waals surface area (Å²) in [5, 5.41) is 1.02. The van der Waals surface area contributed by atoms with Crippen LogP contribution in [0, 0.1) is 0 Å². The third-order valence-electron chi connectivity index (χ3n) is 4.95. The minimum atomic E-state index is -0.0252. The molecule has 2 heterocycles. The fourth-order valence-electron chi connectivity index (χ4n) is 3.39. The number of ether oxygens (including phenoxy) is 1. The molecule has 0 radical (unpaired) electrons. The van der Waals surface area contributed by atoms with Gasteiger partial charge in [0.1, 0.15) is 11.4 Å². The van der Waals surface area contributed by atoms with Crippen molar-refractivity contribution in [2.24, 2.45) is 0 Å². The smallest absolute Gasteiger partial charge is 0.270 e. The maximum atomic E-state index is 12.8. The highest BCUT2D eigenvalue weighted by molar-refractivity contribution is 5.98. The summed E-state index contributed by atoms with van der Waals surface area (Å²) >= 11 is 0. The third kappa shape index (κ3) is 3.38. The first-order valence-electron chi connectivity index (χ1n) is 8.96. The quantitative estimate of drug-likeness (QED) is 0.778. The number of piperazine rings is 1. The van der Waals surface area contributed by atoms with E-state index in [0.29, 0.717) is 37.4 Å². The molecule has 0 spiro atoms. The van der Waals surface area contributed by atoms with Gasteiger partial charge in [-0.3, -0.25) is 9.59 Å². The van der Waals surface area contributed by atoms with Crippen molar-refractivity contribution in [1.29, 1.82) is 0 Å². The molecule has 1 aliphatic heterocycles. The van der Waals surface area contributed by atoms with Gasteiger partial charge in [-0.25, -0.2) is 0 Å². The molecule has 27 heavy (non-hydrogen) atoms. The lowest BCUT2D eigenvalue weighted by Crippen LogP contribution is -2.50. The maximum absolute atomic E-state index is 12.8. The van der Waals surface area contributed by atoms with Gasteiger partial charge in [0, 0.05) is 42.6 Å². The summed E-state index contributed by atoms with van der Waals surface area (Å²) in [7, 11) is 1.60. The lowest BCUT2D eigenvalue weighted by atomic mass is 10.1. The van der Waals surface area contributed by atoms with Crippen molar-refractivity contribution in [3.05, 3.63) is 65.9 Å². The Labute approximate surface area is 157 Å². The zero-order valence-electron chi connectivity index (χ0n) is 15.1. The lowest BCUT2D eigenvalue weighted by molar-refractivity contribution is 0.0533. The molecule has 6 heteroatoms. The summed E-state index contributed by atoms with van der Waals surface area (Å²) < 4.78 is 5.13. The Kier molecular flexibility index (Phi) is 4.54. The number of benzene rings is 2. The van der Waals surface area contributed by atoms with Crippen molar-refractivity contribution in [2.75, 3.05) is 33.3 Å². The number of hydrogen-bond donors (Lipinski definition) is 1.